The zero-order valence-electron chi connectivity index (χ0n) is 16.7. The number of amides is 1. The lowest BCUT2D eigenvalue weighted by Gasteiger charge is -2.12. The number of nitrogens with one attached hydrogen (secondary N) is 1. The fourth-order valence-corrected chi connectivity index (χ4v) is 3.15. The molecule has 1 N–H and O–H groups in total. The normalized spacial score (nSPS) is 10.5. The zero-order valence-corrected chi connectivity index (χ0v) is 17.4. The Morgan fingerprint density at radius 2 is 1.97 bits per heavy atom. The van der Waals surface area contributed by atoms with E-state index in [0.29, 0.717) is 34.5 Å². The SMILES string of the molecule is COc1ccc(NC(=O)c2ccn(-c3ccccc3Cl)n2)cc1OCc1cccnc1. The van der Waals surface area contributed by atoms with Crippen LogP contribution in [-0.2, 0) is 6.61 Å². The van der Waals surface area contributed by atoms with Gasteiger partial charge in [-0.3, -0.25) is 9.78 Å². The minimum absolute atomic E-state index is 0.258. The molecule has 0 bridgehead atoms. The Hall–Kier alpha value is -3.84. The number of carbonyl (C=O) groups excluding carboxylic acids is 1. The summed E-state index contributed by atoms with van der Waals surface area (Å²) in [5.74, 6) is 0.713. The monoisotopic (exact) mass is 434 g/mol. The van der Waals surface area contributed by atoms with E-state index in [1.54, 1.807) is 60.7 Å². The van der Waals surface area contributed by atoms with Crippen molar-refractivity contribution < 1.29 is 14.3 Å². The Bertz CT molecular complexity index is 1190. The molecule has 0 fully saturated rings. The number of para-hydroxylation sites is 1. The molecule has 0 aliphatic heterocycles. The summed E-state index contributed by atoms with van der Waals surface area (Å²) in [6, 6.07) is 17.8. The van der Waals surface area contributed by atoms with E-state index in [1.165, 1.54) is 0 Å². The number of methoxy groups -OCH3 is 1. The summed E-state index contributed by atoms with van der Waals surface area (Å²) in [4.78, 5) is 16.8. The van der Waals surface area contributed by atoms with Crippen molar-refractivity contribution in [1.82, 2.24) is 14.8 Å². The first-order chi connectivity index (χ1) is 15.1. The van der Waals surface area contributed by atoms with Crippen LogP contribution in [-0.4, -0.2) is 27.8 Å². The summed E-state index contributed by atoms with van der Waals surface area (Å²) in [7, 11) is 1.56. The molecule has 2 heterocycles. The van der Waals surface area contributed by atoms with E-state index >= 15 is 0 Å². The van der Waals surface area contributed by atoms with E-state index in [0.717, 1.165) is 5.56 Å². The number of nitrogens with zero attached hydrogens (tertiary/aromatic N) is 3. The van der Waals surface area contributed by atoms with Crippen molar-refractivity contribution in [2.45, 2.75) is 6.61 Å². The third kappa shape index (κ3) is 4.84. The van der Waals surface area contributed by atoms with Gasteiger partial charge in [0.05, 0.1) is 17.8 Å². The number of hydrogen-bond donors (Lipinski definition) is 1. The Morgan fingerprint density at radius 1 is 1.10 bits per heavy atom. The molecule has 2 aromatic heterocycles. The number of ether oxygens (including phenoxy) is 2. The Labute approximate surface area is 184 Å². The van der Waals surface area contributed by atoms with Crippen LogP contribution in [0.5, 0.6) is 11.5 Å². The molecule has 0 atom stereocenters. The smallest absolute Gasteiger partial charge is 0.276 e. The average molecular weight is 435 g/mol. The quantitative estimate of drug-likeness (QED) is 0.453. The molecule has 0 saturated carbocycles. The molecular weight excluding hydrogens is 416 g/mol. The lowest BCUT2D eigenvalue weighted by molar-refractivity contribution is 0.102. The molecule has 0 unspecified atom stereocenters. The highest BCUT2D eigenvalue weighted by atomic mass is 35.5. The van der Waals surface area contributed by atoms with Gasteiger partial charge in [-0.1, -0.05) is 29.8 Å². The maximum absolute atomic E-state index is 12.7. The molecule has 8 heteroatoms. The molecule has 1 amide bonds. The van der Waals surface area contributed by atoms with Crippen LogP contribution in [0.3, 0.4) is 0 Å². The molecule has 4 rings (SSSR count). The lowest BCUT2D eigenvalue weighted by Crippen LogP contribution is -2.13. The van der Waals surface area contributed by atoms with Crippen molar-refractivity contribution in [1.29, 1.82) is 0 Å². The minimum atomic E-state index is -0.353. The van der Waals surface area contributed by atoms with Gasteiger partial charge < -0.3 is 14.8 Å². The number of anilines is 1. The first-order valence-corrected chi connectivity index (χ1v) is 9.83. The highest BCUT2D eigenvalue weighted by molar-refractivity contribution is 6.32. The second-order valence-electron chi connectivity index (χ2n) is 6.57. The van der Waals surface area contributed by atoms with Crippen molar-refractivity contribution in [2.24, 2.45) is 0 Å². The predicted molar refractivity (Wildman–Crippen MR) is 118 cm³/mol. The second-order valence-corrected chi connectivity index (χ2v) is 6.97. The Kier molecular flexibility index (Phi) is 6.14. The van der Waals surface area contributed by atoms with Gasteiger partial charge in [-0.25, -0.2) is 4.68 Å². The van der Waals surface area contributed by atoms with Crippen LogP contribution in [0.1, 0.15) is 16.1 Å². The fraction of sp³-hybridized carbons (Fsp3) is 0.0870. The van der Waals surface area contributed by atoms with Crippen molar-refractivity contribution in [3.8, 4) is 17.2 Å². The molecule has 0 radical (unpaired) electrons. The first-order valence-electron chi connectivity index (χ1n) is 9.46. The molecule has 156 valence electrons. The van der Waals surface area contributed by atoms with Crippen LogP contribution < -0.4 is 14.8 Å². The summed E-state index contributed by atoms with van der Waals surface area (Å²) >= 11 is 6.21. The highest BCUT2D eigenvalue weighted by Crippen LogP contribution is 2.31. The van der Waals surface area contributed by atoms with Crippen molar-refractivity contribution in [2.75, 3.05) is 12.4 Å². The van der Waals surface area contributed by atoms with Crippen LogP contribution in [0, 0.1) is 0 Å². The number of halogens is 1. The van der Waals surface area contributed by atoms with E-state index in [1.807, 2.05) is 30.3 Å². The van der Waals surface area contributed by atoms with Gasteiger partial charge in [-0.05, 0) is 36.4 Å². The van der Waals surface area contributed by atoms with Crippen LogP contribution >= 0.6 is 11.6 Å². The summed E-state index contributed by atoms with van der Waals surface area (Å²) in [5.41, 5.74) is 2.43. The van der Waals surface area contributed by atoms with Crippen LogP contribution in [0.2, 0.25) is 5.02 Å². The summed E-state index contributed by atoms with van der Waals surface area (Å²) in [6.07, 6.45) is 5.12. The van der Waals surface area contributed by atoms with Crippen molar-refractivity contribution >= 4 is 23.2 Å². The average Bonchev–Trinajstić information content (AvgIpc) is 3.29. The number of benzene rings is 2. The van der Waals surface area contributed by atoms with Gasteiger partial charge in [0, 0.05) is 35.9 Å². The number of aromatic nitrogens is 3. The van der Waals surface area contributed by atoms with Gasteiger partial charge in [0.2, 0.25) is 0 Å². The largest absolute Gasteiger partial charge is 0.493 e. The van der Waals surface area contributed by atoms with E-state index in [-0.39, 0.29) is 11.6 Å². The standard InChI is InChI=1S/C23H19ClN4O3/c1-30-21-9-8-17(13-22(21)31-15-16-5-4-11-25-14-16)26-23(29)19-10-12-28(27-19)20-7-3-2-6-18(20)24/h2-14H,15H2,1H3,(H,26,29). The second kappa shape index (κ2) is 9.32. The molecule has 0 saturated heterocycles. The lowest BCUT2D eigenvalue weighted by atomic mass is 10.2. The van der Waals surface area contributed by atoms with E-state index in [9.17, 15) is 4.79 Å². The first kappa shape index (κ1) is 20.4. The number of pyridine rings is 1. The van der Waals surface area contributed by atoms with Gasteiger partial charge in [0.25, 0.3) is 5.91 Å². The van der Waals surface area contributed by atoms with Gasteiger partial charge >= 0.3 is 0 Å². The van der Waals surface area contributed by atoms with Crippen LogP contribution in [0.15, 0.2) is 79.3 Å². The van der Waals surface area contributed by atoms with Gasteiger partial charge in [-0.2, -0.15) is 5.10 Å². The molecule has 7 nitrogen and oxygen atoms in total. The highest BCUT2D eigenvalue weighted by Gasteiger charge is 2.14. The van der Waals surface area contributed by atoms with Gasteiger partial charge in [0.1, 0.15) is 6.61 Å². The molecule has 4 aromatic rings. The molecule has 31 heavy (non-hydrogen) atoms. The summed E-state index contributed by atoms with van der Waals surface area (Å²) in [6.45, 7) is 0.323. The summed E-state index contributed by atoms with van der Waals surface area (Å²) < 4.78 is 12.8. The molecule has 0 aliphatic carbocycles. The predicted octanol–water partition coefficient (Wildman–Crippen LogP) is 4.76. The maximum atomic E-state index is 12.7. The van der Waals surface area contributed by atoms with Gasteiger partial charge in [0.15, 0.2) is 17.2 Å². The summed E-state index contributed by atoms with van der Waals surface area (Å²) in [5, 5.41) is 7.70. The van der Waals surface area contributed by atoms with E-state index in [4.69, 9.17) is 21.1 Å². The van der Waals surface area contributed by atoms with E-state index < -0.39 is 0 Å². The molecule has 0 spiro atoms. The number of carbonyl (C=O) groups is 1. The third-order valence-electron chi connectivity index (χ3n) is 4.46. The topological polar surface area (TPSA) is 78.3 Å². The number of hydrogen-bond acceptors (Lipinski definition) is 5. The third-order valence-corrected chi connectivity index (χ3v) is 4.78. The van der Waals surface area contributed by atoms with Crippen LogP contribution in [0.4, 0.5) is 5.69 Å². The Morgan fingerprint density at radius 3 is 2.74 bits per heavy atom. The maximum Gasteiger partial charge on any atom is 0.276 e. The zero-order chi connectivity index (χ0) is 21.6. The molecule has 0 aliphatic rings. The van der Waals surface area contributed by atoms with Crippen LogP contribution in [0.25, 0.3) is 5.69 Å². The van der Waals surface area contributed by atoms with Crippen molar-refractivity contribution in [3.05, 3.63) is 95.5 Å². The minimum Gasteiger partial charge on any atom is -0.493 e. The fourth-order valence-electron chi connectivity index (χ4n) is 2.92. The number of rotatable bonds is 7. The molecule has 2 aromatic carbocycles. The molecular formula is C23H19ClN4O3. The van der Waals surface area contributed by atoms with Crippen molar-refractivity contribution in [3.63, 3.8) is 0 Å². The van der Waals surface area contributed by atoms with Gasteiger partial charge in [-0.15, -0.1) is 0 Å². The van der Waals surface area contributed by atoms with E-state index in [2.05, 4.69) is 15.4 Å². The Balaban J connectivity index is 1.49.